The number of piperazine rings is 1. The number of carbonyl (C=O) groups excluding carboxylic acids is 1. The molecule has 1 aromatic carbocycles. The molecule has 0 aliphatic carbocycles. The van der Waals surface area contributed by atoms with Crippen LogP contribution in [0.25, 0.3) is 0 Å². The largest absolute Gasteiger partial charge is 0.401 e. The maximum Gasteiger partial charge on any atom is 0.401 e. The lowest BCUT2D eigenvalue weighted by Gasteiger charge is -2.40. The summed E-state index contributed by atoms with van der Waals surface area (Å²) >= 11 is 0. The summed E-state index contributed by atoms with van der Waals surface area (Å²) in [6.07, 6.45) is -4.27. The van der Waals surface area contributed by atoms with Crippen molar-refractivity contribution in [3.63, 3.8) is 0 Å². The van der Waals surface area contributed by atoms with E-state index in [0.29, 0.717) is 5.56 Å². The summed E-state index contributed by atoms with van der Waals surface area (Å²) in [5.74, 6) is -0.320. The molecule has 1 aliphatic heterocycles. The summed E-state index contributed by atoms with van der Waals surface area (Å²) in [5.41, 5.74) is 0.308. The van der Waals surface area contributed by atoms with E-state index in [-0.39, 0.29) is 36.5 Å². The lowest BCUT2D eigenvalue weighted by atomic mass is 10.1. The fourth-order valence-electron chi connectivity index (χ4n) is 3.04. The summed E-state index contributed by atoms with van der Waals surface area (Å²) in [6.45, 7) is 4.69. The number of sulfonamides is 1. The highest BCUT2D eigenvalue weighted by Crippen LogP contribution is 2.22. The van der Waals surface area contributed by atoms with Crippen molar-refractivity contribution >= 4 is 15.9 Å². The Balaban J connectivity index is 2.08. The molecule has 0 N–H and O–H groups in total. The minimum Gasteiger partial charge on any atom is -0.336 e. The molecule has 0 saturated carbocycles. The van der Waals surface area contributed by atoms with Gasteiger partial charge in [-0.05, 0) is 45.0 Å². The molecule has 0 spiro atoms. The van der Waals surface area contributed by atoms with Gasteiger partial charge in [-0.2, -0.15) is 17.5 Å². The number of benzene rings is 1. The van der Waals surface area contributed by atoms with Gasteiger partial charge in [0.1, 0.15) is 0 Å². The van der Waals surface area contributed by atoms with Crippen molar-refractivity contribution < 1.29 is 26.4 Å². The van der Waals surface area contributed by atoms with Gasteiger partial charge in [0.05, 0.1) is 11.4 Å². The van der Waals surface area contributed by atoms with Crippen molar-refractivity contribution in [3.05, 3.63) is 29.8 Å². The van der Waals surface area contributed by atoms with Gasteiger partial charge in [-0.25, -0.2) is 8.42 Å². The van der Waals surface area contributed by atoms with Gasteiger partial charge in [0.15, 0.2) is 0 Å². The molecule has 0 unspecified atom stereocenters. The number of alkyl halides is 3. The Hall–Kier alpha value is -1.65. The van der Waals surface area contributed by atoms with Crippen molar-refractivity contribution in [2.45, 2.75) is 43.9 Å². The molecule has 1 amide bonds. The molecule has 28 heavy (non-hydrogen) atoms. The van der Waals surface area contributed by atoms with Gasteiger partial charge in [-0.1, -0.05) is 0 Å². The van der Waals surface area contributed by atoms with Crippen LogP contribution in [-0.4, -0.2) is 79.9 Å². The zero-order valence-electron chi connectivity index (χ0n) is 16.4. The van der Waals surface area contributed by atoms with Crippen LogP contribution < -0.4 is 0 Å². The SMILES string of the molecule is CC(C)N(C)S(=O)(=O)c1ccc(C(=O)N2CCN(CC(F)(F)F)[C@H](C)C2)cc1. The van der Waals surface area contributed by atoms with Crippen LogP contribution in [0.15, 0.2) is 29.2 Å². The summed E-state index contributed by atoms with van der Waals surface area (Å²) in [7, 11) is -2.16. The first kappa shape index (κ1) is 22.6. The number of rotatable bonds is 5. The average Bonchev–Trinajstić information content (AvgIpc) is 2.61. The number of carbonyl (C=O) groups is 1. The van der Waals surface area contributed by atoms with E-state index in [1.807, 2.05) is 0 Å². The van der Waals surface area contributed by atoms with Crippen molar-refractivity contribution in [1.29, 1.82) is 0 Å². The fourth-order valence-corrected chi connectivity index (χ4v) is 4.41. The molecule has 1 aromatic rings. The highest BCUT2D eigenvalue weighted by atomic mass is 32.2. The molecule has 1 saturated heterocycles. The second-order valence-electron chi connectivity index (χ2n) is 7.33. The Bertz CT molecular complexity index is 795. The van der Waals surface area contributed by atoms with Crippen LogP contribution in [0.2, 0.25) is 0 Å². The lowest BCUT2D eigenvalue weighted by Crippen LogP contribution is -2.55. The van der Waals surface area contributed by atoms with E-state index < -0.39 is 28.8 Å². The number of halogens is 3. The zero-order valence-corrected chi connectivity index (χ0v) is 17.2. The first-order valence-electron chi connectivity index (χ1n) is 9.01. The van der Waals surface area contributed by atoms with E-state index in [1.165, 1.54) is 45.4 Å². The predicted octanol–water partition coefficient (Wildman–Crippen LogP) is 2.42. The van der Waals surface area contributed by atoms with Crippen LogP contribution in [0, 0.1) is 0 Å². The van der Waals surface area contributed by atoms with Crippen LogP contribution in [-0.2, 0) is 10.0 Å². The van der Waals surface area contributed by atoms with E-state index in [2.05, 4.69) is 0 Å². The molecule has 1 heterocycles. The smallest absolute Gasteiger partial charge is 0.336 e. The second-order valence-corrected chi connectivity index (χ2v) is 9.32. The van der Waals surface area contributed by atoms with E-state index in [0.717, 1.165) is 0 Å². The van der Waals surface area contributed by atoms with E-state index >= 15 is 0 Å². The van der Waals surface area contributed by atoms with Gasteiger partial charge in [0.2, 0.25) is 10.0 Å². The van der Waals surface area contributed by atoms with Gasteiger partial charge in [-0.3, -0.25) is 9.69 Å². The maximum absolute atomic E-state index is 12.7. The Kier molecular flexibility index (Phi) is 6.78. The third-order valence-corrected chi connectivity index (χ3v) is 6.99. The molecule has 6 nitrogen and oxygen atoms in total. The van der Waals surface area contributed by atoms with Gasteiger partial charge in [0.25, 0.3) is 5.91 Å². The summed E-state index contributed by atoms with van der Waals surface area (Å²) in [5, 5.41) is 0. The molecule has 1 aliphatic rings. The number of amides is 1. The highest BCUT2D eigenvalue weighted by molar-refractivity contribution is 7.89. The third-order valence-electron chi connectivity index (χ3n) is 4.94. The molecule has 1 atom stereocenters. The molecule has 1 fully saturated rings. The topological polar surface area (TPSA) is 60.9 Å². The van der Waals surface area contributed by atoms with E-state index in [1.54, 1.807) is 20.8 Å². The van der Waals surface area contributed by atoms with Gasteiger partial charge >= 0.3 is 6.18 Å². The van der Waals surface area contributed by atoms with Crippen LogP contribution in [0.5, 0.6) is 0 Å². The van der Waals surface area contributed by atoms with E-state index in [4.69, 9.17) is 0 Å². The maximum atomic E-state index is 12.7. The van der Waals surface area contributed by atoms with Crippen molar-refractivity contribution in [2.75, 3.05) is 33.2 Å². The minimum atomic E-state index is -4.27. The van der Waals surface area contributed by atoms with Crippen LogP contribution >= 0.6 is 0 Å². The Morgan fingerprint density at radius 1 is 1.21 bits per heavy atom. The van der Waals surface area contributed by atoms with Gasteiger partial charge in [0, 0.05) is 44.3 Å². The zero-order chi connectivity index (χ0) is 21.3. The number of nitrogens with zero attached hydrogens (tertiary/aromatic N) is 3. The number of hydrogen-bond acceptors (Lipinski definition) is 4. The first-order chi connectivity index (χ1) is 12.8. The number of hydrogen-bond donors (Lipinski definition) is 0. The first-order valence-corrected chi connectivity index (χ1v) is 10.4. The molecule has 10 heteroatoms. The Labute approximate surface area is 164 Å². The van der Waals surface area contributed by atoms with Gasteiger partial charge in [-0.15, -0.1) is 0 Å². The predicted molar refractivity (Wildman–Crippen MR) is 99.5 cm³/mol. The molecule has 0 bridgehead atoms. The van der Waals surface area contributed by atoms with Crippen molar-refractivity contribution in [1.82, 2.24) is 14.1 Å². The molecule has 0 radical (unpaired) electrons. The van der Waals surface area contributed by atoms with Gasteiger partial charge < -0.3 is 4.90 Å². The summed E-state index contributed by atoms with van der Waals surface area (Å²) in [6, 6.07) is 5.02. The minimum absolute atomic E-state index is 0.0867. The second kappa shape index (κ2) is 8.38. The molecular formula is C18H26F3N3O3S. The molecule has 2 rings (SSSR count). The highest BCUT2D eigenvalue weighted by Gasteiger charge is 2.36. The quantitative estimate of drug-likeness (QED) is 0.733. The Morgan fingerprint density at radius 2 is 1.79 bits per heavy atom. The van der Waals surface area contributed by atoms with Crippen molar-refractivity contribution in [3.8, 4) is 0 Å². The van der Waals surface area contributed by atoms with Crippen LogP contribution in [0.1, 0.15) is 31.1 Å². The van der Waals surface area contributed by atoms with E-state index in [9.17, 15) is 26.4 Å². The fraction of sp³-hybridized carbons (Fsp3) is 0.611. The molecule has 158 valence electrons. The summed E-state index contributed by atoms with van der Waals surface area (Å²) < 4.78 is 64.0. The van der Waals surface area contributed by atoms with Crippen LogP contribution in [0.4, 0.5) is 13.2 Å². The Morgan fingerprint density at radius 3 is 2.25 bits per heavy atom. The monoisotopic (exact) mass is 421 g/mol. The third kappa shape index (κ3) is 5.24. The molecular weight excluding hydrogens is 395 g/mol. The van der Waals surface area contributed by atoms with Crippen molar-refractivity contribution in [2.24, 2.45) is 0 Å². The molecule has 0 aromatic heterocycles. The standard InChI is InChI=1S/C18H26F3N3O3S/c1-13(2)22(4)28(26,27)16-7-5-15(6-8-16)17(25)23-9-10-24(14(3)11-23)12-18(19,20)21/h5-8,13-14H,9-12H2,1-4H3/t14-/m1/s1. The average molecular weight is 421 g/mol. The van der Waals surface area contributed by atoms with Crippen LogP contribution in [0.3, 0.4) is 0 Å². The normalized spacial score (nSPS) is 19.5. The lowest BCUT2D eigenvalue weighted by molar-refractivity contribution is -0.153. The summed E-state index contributed by atoms with van der Waals surface area (Å²) in [4.78, 5) is 15.6.